The molecule has 0 unspecified atom stereocenters. The van der Waals surface area contributed by atoms with Crippen molar-refractivity contribution in [1.29, 1.82) is 0 Å². The number of hydrogen-bond donors (Lipinski definition) is 1. The first-order chi connectivity index (χ1) is 11.7. The van der Waals surface area contributed by atoms with Crippen LogP contribution in [0.1, 0.15) is 11.6 Å². The summed E-state index contributed by atoms with van der Waals surface area (Å²) in [5.41, 5.74) is 1.78. The molecule has 6 heteroatoms. The zero-order valence-electron chi connectivity index (χ0n) is 13.0. The second-order valence-corrected chi connectivity index (χ2v) is 6.66. The molecule has 3 atom stereocenters. The smallest absolute Gasteiger partial charge is 0.259 e. The summed E-state index contributed by atoms with van der Waals surface area (Å²) in [5, 5.41) is 4.07. The van der Waals surface area contributed by atoms with E-state index in [1.807, 2.05) is 60.9 Å². The number of rotatable bonds is 3. The second kappa shape index (κ2) is 5.96. The summed E-state index contributed by atoms with van der Waals surface area (Å²) in [6, 6.07) is 17.2. The van der Waals surface area contributed by atoms with E-state index in [4.69, 9.17) is 4.84 Å². The molecule has 0 aromatic heterocycles. The van der Waals surface area contributed by atoms with Crippen LogP contribution in [0.5, 0.6) is 0 Å². The molecule has 2 aliphatic rings. The predicted molar refractivity (Wildman–Crippen MR) is 91.4 cm³/mol. The molecule has 122 valence electrons. The Morgan fingerprint density at radius 1 is 1.00 bits per heavy atom. The first-order valence-corrected chi connectivity index (χ1v) is 8.91. The molecule has 2 aromatic rings. The number of imide groups is 1. The first-order valence-electron chi connectivity index (χ1n) is 7.69. The molecular formula is C18H16N2O3S. The van der Waals surface area contributed by atoms with Gasteiger partial charge in [-0.05, 0) is 36.1 Å². The summed E-state index contributed by atoms with van der Waals surface area (Å²) in [6.45, 7) is 0. The summed E-state index contributed by atoms with van der Waals surface area (Å²) in [7, 11) is 0. The van der Waals surface area contributed by atoms with Crippen molar-refractivity contribution in [2.24, 2.45) is 5.92 Å². The van der Waals surface area contributed by atoms with Crippen LogP contribution in [0.25, 0.3) is 0 Å². The van der Waals surface area contributed by atoms with Crippen LogP contribution in [0.15, 0.2) is 59.5 Å². The average molecular weight is 340 g/mol. The van der Waals surface area contributed by atoms with E-state index >= 15 is 0 Å². The number of nitrogens with one attached hydrogen (secondary N) is 1. The number of carbonyl (C=O) groups is 2. The molecule has 0 spiro atoms. The van der Waals surface area contributed by atoms with Crippen LogP contribution < -0.4 is 10.4 Å². The minimum atomic E-state index is -0.775. The summed E-state index contributed by atoms with van der Waals surface area (Å²) in [4.78, 5) is 31.4. The van der Waals surface area contributed by atoms with Crippen LogP contribution in [-0.2, 0) is 14.4 Å². The summed E-state index contributed by atoms with van der Waals surface area (Å²) in [6.07, 6.45) is 1.24. The number of benzene rings is 2. The van der Waals surface area contributed by atoms with Crippen molar-refractivity contribution in [3.8, 4) is 0 Å². The molecule has 2 heterocycles. The van der Waals surface area contributed by atoms with E-state index in [9.17, 15) is 9.59 Å². The molecule has 5 nitrogen and oxygen atoms in total. The fraction of sp³-hybridized carbons (Fsp3) is 0.222. The number of carbonyl (C=O) groups excluding carboxylic acids is 2. The molecule has 0 aliphatic carbocycles. The van der Waals surface area contributed by atoms with E-state index in [0.717, 1.165) is 16.1 Å². The Kier molecular flexibility index (Phi) is 3.78. The van der Waals surface area contributed by atoms with E-state index in [-0.39, 0.29) is 17.9 Å². The van der Waals surface area contributed by atoms with E-state index in [1.165, 1.54) is 0 Å². The highest BCUT2D eigenvalue weighted by molar-refractivity contribution is 7.98. The molecule has 2 saturated heterocycles. The van der Waals surface area contributed by atoms with Crippen LogP contribution in [0.4, 0.5) is 5.69 Å². The van der Waals surface area contributed by atoms with Gasteiger partial charge in [-0.2, -0.15) is 0 Å². The van der Waals surface area contributed by atoms with Gasteiger partial charge >= 0.3 is 0 Å². The summed E-state index contributed by atoms with van der Waals surface area (Å²) in [5.74, 6) is -1.19. The minimum absolute atomic E-state index is 0.276. The molecule has 24 heavy (non-hydrogen) atoms. The molecule has 0 saturated carbocycles. The molecule has 4 rings (SSSR count). The fourth-order valence-electron chi connectivity index (χ4n) is 3.27. The van der Waals surface area contributed by atoms with E-state index in [2.05, 4.69) is 5.32 Å². The van der Waals surface area contributed by atoms with E-state index in [1.54, 1.807) is 16.8 Å². The van der Waals surface area contributed by atoms with Gasteiger partial charge < -0.3 is 0 Å². The standard InChI is InChI=1S/C18H16N2O3S/c1-24-13-9-7-11(8-10-13)15-14-16(18(22)19-17(14)21)23-20(15)12-5-3-2-4-6-12/h2-10,14-16H,1H3,(H,19,21,22)/t14-,15-,16+/m0/s1. The number of amides is 2. The van der Waals surface area contributed by atoms with Gasteiger partial charge in [0.1, 0.15) is 5.92 Å². The highest BCUT2D eigenvalue weighted by atomic mass is 32.2. The second-order valence-electron chi connectivity index (χ2n) is 5.78. The summed E-state index contributed by atoms with van der Waals surface area (Å²) >= 11 is 1.66. The van der Waals surface area contributed by atoms with Crippen molar-refractivity contribution in [2.45, 2.75) is 17.0 Å². The highest BCUT2D eigenvalue weighted by Gasteiger charge is 2.56. The number of hydroxylamine groups is 1. The third-order valence-corrected chi connectivity index (χ3v) is 5.17. The van der Waals surface area contributed by atoms with Crippen molar-refractivity contribution in [2.75, 3.05) is 11.3 Å². The van der Waals surface area contributed by atoms with Crippen LogP contribution in [-0.4, -0.2) is 24.2 Å². The predicted octanol–water partition coefficient (Wildman–Crippen LogP) is 2.54. The quantitative estimate of drug-likeness (QED) is 0.687. The molecule has 2 aromatic carbocycles. The van der Waals surface area contributed by atoms with Gasteiger partial charge in [0.15, 0.2) is 6.10 Å². The third kappa shape index (κ3) is 2.39. The largest absolute Gasteiger partial charge is 0.294 e. The Hall–Kier alpha value is -2.31. The lowest BCUT2D eigenvalue weighted by Crippen LogP contribution is -2.33. The van der Waals surface area contributed by atoms with Crippen molar-refractivity contribution >= 4 is 29.3 Å². The van der Waals surface area contributed by atoms with Gasteiger partial charge in [-0.25, -0.2) is 5.06 Å². The maximum absolute atomic E-state index is 12.3. The maximum atomic E-state index is 12.3. The van der Waals surface area contributed by atoms with Crippen LogP contribution in [0.2, 0.25) is 0 Å². The van der Waals surface area contributed by atoms with Gasteiger partial charge in [0.2, 0.25) is 5.91 Å². The molecule has 2 fully saturated rings. The molecule has 2 amide bonds. The van der Waals surface area contributed by atoms with E-state index in [0.29, 0.717) is 0 Å². The molecule has 2 aliphatic heterocycles. The van der Waals surface area contributed by atoms with Crippen molar-refractivity contribution in [3.05, 3.63) is 60.2 Å². The molecular weight excluding hydrogens is 324 g/mol. The molecule has 1 N–H and O–H groups in total. The maximum Gasteiger partial charge on any atom is 0.259 e. The lowest BCUT2D eigenvalue weighted by molar-refractivity contribution is -0.129. The van der Waals surface area contributed by atoms with Gasteiger partial charge in [0.25, 0.3) is 5.91 Å². The zero-order chi connectivity index (χ0) is 16.7. The number of hydrogen-bond acceptors (Lipinski definition) is 5. The number of para-hydroxylation sites is 1. The first kappa shape index (κ1) is 15.2. The summed E-state index contributed by atoms with van der Waals surface area (Å²) < 4.78 is 0. The number of thioether (sulfide) groups is 1. The minimum Gasteiger partial charge on any atom is -0.294 e. The van der Waals surface area contributed by atoms with Crippen LogP contribution in [0.3, 0.4) is 0 Å². The van der Waals surface area contributed by atoms with Gasteiger partial charge in [0.05, 0.1) is 11.7 Å². The molecule has 0 bridgehead atoms. The van der Waals surface area contributed by atoms with Gasteiger partial charge in [-0.15, -0.1) is 11.8 Å². The monoisotopic (exact) mass is 340 g/mol. The van der Waals surface area contributed by atoms with E-state index < -0.39 is 12.0 Å². The lowest BCUT2D eigenvalue weighted by Gasteiger charge is -2.27. The Bertz CT molecular complexity index is 779. The van der Waals surface area contributed by atoms with Gasteiger partial charge in [0, 0.05) is 4.90 Å². The average Bonchev–Trinajstić information content (AvgIpc) is 3.14. The van der Waals surface area contributed by atoms with Crippen LogP contribution >= 0.6 is 11.8 Å². The number of nitrogens with zero attached hydrogens (tertiary/aromatic N) is 1. The lowest BCUT2D eigenvalue weighted by atomic mass is 9.90. The number of anilines is 1. The van der Waals surface area contributed by atoms with Gasteiger partial charge in [-0.3, -0.25) is 19.7 Å². The molecule has 0 radical (unpaired) electrons. The highest BCUT2D eigenvalue weighted by Crippen LogP contribution is 2.44. The van der Waals surface area contributed by atoms with Crippen molar-refractivity contribution < 1.29 is 14.4 Å². The SMILES string of the molecule is CSc1ccc([C@H]2[C@@H]3C(=O)NC(=O)[C@@H]3ON2c2ccccc2)cc1. The zero-order valence-corrected chi connectivity index (χ0v) is 13.8. The van der Waals surface area contributed by atoms with Crippen LogP contribution in [0, 0.1) is 5.92 Å². The Morgan fingerprint density at radius 2 is 1.71 bits per heavy atom. The Morgan fingerprint density at radius 3 is 2.38 bits per heavy atom. The topological polar surface area (TPSA) is 58.6 Å². The third-order valence-electron chi connectivity index (χ3n) is 4.42. The fourth-order valence-corrected chi connectivity index (χ4v) is 3.68. The van der Waals surface area contributed by atoms with Crippen molar-refractivity contribution in [3.63, 3.8) is 0 Å². The van der Waals surface area contributed by atoms with Gasteiger partial charge in [-0.1, -0.05) is 30.3 Å². The number of fused-ring (bicyclic) bond motifs is 1. The van der Waals surface area contributed by atoms with Crippen molar-refractivity contribution in [1.82, 2.24) is 5.32 Å². The Labute approximate surface area is 143 Å². The Balaban J connectivity index is 1.78. The normalized spacial score (nSPS) is 25.7.